The van der Waals surface area contributed by atoms with Crippen molar-refractivity contribution in [3.8, 4) is 0 Å². The second-order valence-corrected chi connectivity index (χ2v) is 5.09. The molecule has 0 N–H and O–H groups in total. The van der Waals surface area contributed by atoms with Crippen LogP contribution in [0.15, 0.2) is 24.9 Å². The van der Waals surface area contributed by atoms with E-state index in [4.69, 9.17) is 6.11 Å². The Morgan fingerprint density at radius 3 is 2.75 bits per heavy atom. The van der Waals surface area contributed by atoms with Crippen molar-refractivity contribution in [3.63, 3.8) is 0 Å². The van der Waals surface area contributed by atoms with E-state index < -0.39 is 11.7 Å². The van der Waals surface area contributed by atoms with E-state index in [9.17, 15) is 4.79 Å². The molecule has 1 amide bonds. The van der Waals surface area contributed by atoms with Gasteiger partial charge in [0.2, 0.25) is 0 Å². The highest BCUT2D eigenvalue weighted by Gasteiger charge is 2.37. The lowest BCUT2D eigenvalue weighted by Crippen LogP contribution is -2.38. The van der Waals surface area contributed by atoms with Gasteiger partial charge in [0, 0.05) is 19.0 Å². The van der Waals surface area contributed by atoms with Crippen molar-refractivity contribution in [2.45, 2.75) is 45.7 Å². The quantitative estimate of drug-likeness (QED) is 0.641. The van der Waals surface area contributed by atoms with Gasteiger partial charge in [-0.25, -0.2) is 4.79 Å². The van der Waals surface area contributed by atoms with Crippen LogP contribution in [-0.2, 0) is 4.74 Å². The molecule has 3 nitrogen and oxygen atoms in total. The topological polar surface area (TPSA) is 29.5 Å². The number of nitrogens with zero attached hydrogens (tertiary/aromatic N) is 1. The van der Waals surface area contributed by atoms with Crippen molar-refractivity contribution in [2.24, 2.45) is 5.92 Å². The zero-order valence-electron chi connectivity index (χ0n) is 11.3. The molecule has 0 spiro atoms. The lowest BCUT2D eigenvalue weighted by Gasteiger charge is -2.28. The summed E-state index contributed by atoms with van der Waals surface area (Å²) >= 11 is 0. The molecule has 0 aromatic rings. The molecule has 2 atom stereocenters. The first-order valence-corrected chi connectivity index (χ1v) is 5.42. The smallest absolute Gasteiger partial charge is 0.414 e. The van der Waals surface area contributed by atoms with Gasteiger partial charge in [0.25, 0.3) is 0 Å². The SMILES string of the molecule is [3H]C[C@@H]1[C@@H](C=C)CC(=C)N1C(=O)OC(C)(C)C. The second-order valence-electron chi connectivity index (χ2n) is 5.09. The summed E-state index contributed by atoms with van der Waals surface area (Å²) in [4.78, 5) is 13.5. The molecule has 0 aromatic carbocycles. The van der Waals surface area contributed by atoms with E-state index in [1.54, 1.807) is 6.08 Å². The minimum atomic E-state index is -0.532. The van der Waals surface area contributed by atoms with Crippen molar-refractivity contribution in [1.29, 1.82) is 0 Å². The summed E-state index contributed by atoms with van der Waals surface area (Å²) < 4.78 is 12.9. The van der Waals surface area contributed by atoms with Crippen LogP contribution in [0, 0.1) is 5.92 Å². The third-order valence-corrected chi connectivity index (χ3v) is 2.53. The second kappa shape index (κ2) is 4.32. The van der Waals surface area contributed by atoms with Gasteiger partial charge >= 0.3 is 6.09 Å². The Bertz CT molecular complexity index is 333. The molecule has 1 aliphatic rings. The maximum atomic E-state index is 12.0. The minimum absolute atomic E-state index is 0.104. The standard InChI is InChI=1S/C13H21NO2/c1-7-11-8-9(2)14(10(11)3)12(15)16-13(4,5)6/h7,10-11H,1-2,8H2,3-6H3/t10-,11+/m1/s1/i3T. The number of rotatable bonds is 1. The van der Waals surface area contributed by atoms with Crippen LogP contribution in [0.5, 0.6) is 0 Å². The zero-order valence-corrected chi connectivity index (χ0v) is 10.3. The molecule has 1 heterocycles. The Morgan fingerprint density at radius 2 is 2.31 bits per heavy atom. The maximum absolute atomic E-state index is 12.0. The van der Waals surface area contributed by atoms with Gasteiger partial charge in [-0.3, -0.25) is 4.90 Å². The molecule has 0 saturated carbocycles. The molecule has 0 bridgehead atoms. The van der Waals surface area contributed by atoms with Gasteiger partial charge in [-0.05, 0) is 34.1 Å². The number of hydrogen-bond acceptors (Lipinski definition) is 2. The summed E-state index contributed by atoms with van der Waals surface area (Å²) in [6, 6.07) is -0.199. The van der Waals surface area contributed by atoms with E-state index in [2.05, 4.69) is 13.2 Å². The molecule has 0 radical (unpaired) electrons. The minimum Gasteiger partial charge on any atom is -0.443 e. The fraction of sp³-hybridized carbons (Fsp3) is 0.615. The monoisotopic (exact) mass is 225 g/mol. The Hall–Kier alpha value is -1.25. The Kier molecular flexibility index (Phi) is 3.03. The third kappa shape index (κ3) is 2.65. The first kappa shape index (κ1) is 11.2. The summed E-state index contributed by atoms with van der Waals surface area (Å²) in [6.45, 7) is 13.2. The molecule has 0 unspecified atom stereocenters. The highest BCUT2D eigenvalue weighted by atomic mass is 16.6. The third-order valence-electron chi connectivity index (χ3n) is 2.53. The number of carbonyl (C=O) groups excluding carboxylic acids is 1. The molecule has 1 saturated heterocycles. The van der Waals surface area contributed by atoms with Crippen LogP contribution in [0.1, 0.15) is 35.5 Å². The Balaban J connectivity index is 2.84. The summed E-state index contributed by atoms with van der Waals surface area (Å²) in [5, 5.41) is 0. The molecule has 90 valence electrons. The van der Waals surface area contributed by atoms with Crippen LogP contribution < -0.4 is 0 Å². The predicted molar refractivity (Wildman–Crippen MR) is 65.0 cm³/mol. The summed E-state index contributed by atoms with van der Waals surface area (Å²) in [6.07, 6.45) is 2.05. The lowest BCUT2D eigenvalue weighted by molar-refractivity contribution is 0.0279. The van der Waals surface area contributed by atoms with Crippen molar-refractivity contribution < 1.29 is 10.9 Å². The normalized spacial score (nSPS) is 26.6. The average molecular weight is 225 g/mol. The largest absolute Gasteiger partial charge is 0.443 e. The summed E-state index contributed by atoms with van der Waals surface area (Å²) in [7, 11) is 0. The van der Waals surface area contributed by atoms with Crippen LogP contribution >= 0.6 is 0 Å². The Labute approximate surface area is 99.2 Å². The molecular weight excluding hydrogens is 202 g/mol. The molecule has 0 aliphatic carbocycles. The number of ether oxygens (including phenoxy) is 1. The zero-order chi connectivity index (χ0) is 13.2. The van der Waals surface area contributed by atoms with Crippen molar-refractivity contribution >= 4 is 6.09 Å². The first-order valence-electron chi connectivity index (χ1n) is 6.12. The molecular formula is C13H21NO2. The van der Waals surface area contributed by atoms with Crippen LogP contribution in [0.3, 0.4) is 0 Å². The number of carbonyl (C=O) groups is 1. The highest BCUT2D eigenvalue weighted by molar-refractivity contribution is 5.71. The molecule has 1 fully saturated rings. The number of allylic oxidation sites excluding steroid dienone is 1. The fourth-order valence-electron chi connectivity index (χ4n) is 1.75. The van der Waals surface area contributed by atoms with Crippen LogP contribution in [0.4, 0.5) is 4.79 Å². The van der Waals surface area contributed by atoms with E-state index in [0.29, 0.717) is 12.1 Å². The van der Waals surface area contributed by atoms with E-state index in [-0.39, 0.29) is 18.9 Å². The van der Waals surface area contributed by atoms with Gasteiger partial charge < -0.3 is 4.74 Å². The first-order chi connectivity index (χ1) is 7.80. The molecule has 1 aliphatic heterocycles. The van der Waals surface area contributed by atoms with Crippen LogP contribution in [-0.4, -0.2) is 22.6 Å². The van der Waals surface area contributed by atoms with Crippen LogP contribution in [0.25, 0.3) is 0 Å². The van der Waals surface area contributed by atoms with Gasteiger partial charge in [-0.2, -0.15) is 0 Å². The number of hydrogen-bond donors (Lipinski definition) is 0. The van der Waals surface area contributed by atoms with E-state index in [1.807, 2.05) is 20.8 Å². The van der Waals surface area contributed by atoms with Gasteiger partial charge in [0.15, 0.2) is 0 Å². The number of amides is 1. The van der Waals surface area contributed by atoms with Gasteiger partial charge in [-0.15, -0.1) is 6.58 Å². The predicted octanol–water partition coefficient (Wildman–Crippen LogP) is 3.33. The molecule has 16 heavy (non-hydrogen) atoms. The van der Waals surface area contributed by atoms with Crippen molar-refractivity contribution in [2.75, 3.05) is 0 Å². The van der Waals surface area contributed by atoms with E-state index in [1.165, 1.54) is 4.90 Å². The van der Waals surface area contributed by atoms with E-state index in [0.717, 1.165) is 0 Å². The van der Waals surface area contributed by atoms with Gasteiger partial charge in [0.05, 0.1) is 0 Å². The van der Waals surface area contributed by atoms with Crippen molar-refractivity contribution in [1.82, 2.24) is 4.90 Å². The average Bonchev–Trinajstić information content (AvgIpc) is 2.51. The van der Waals surface area contributed by atoms with Crippen LogP contribution in [0.2, 0.25) is 0 Å². The molecule has 3 heteroatoms. The Morgan fingerprint density at radius 1 is 1.69 bits per heavy atom. The number of likely N-dealkylation sites (tertiary alicyclic amines) is 1. The summed E-state index contributed by atoms with van der Waals surface area (Å²) in [5.41, 5.74) is 0.178. The maximum Gasteiger partial charge on any atom is 0.414 e. The lowest BCUT2D eigenvalue weighted by atomic mass is 10.0. The fourth-order valence-corrected chi connectivity index (χ4v) is 1.75. The van der Waals surface area contributed by atoms with Crippen molar-refractivity contribution in [3.05, 3.63) is 24.9 Å². The van der Waals surface area contributed by atoms with Gasteiger partial charge in [0.1, 0.15) is 5.60 Å². The molecule has 1 rings (SSSR count). The van der Waals surface area contributed by atoms with Gasteiger partial charge in [-0.1, -0.05) is 12.7 Å². The highest BCUT2D eigenvalue weighted by Crippen LogP contribution is 2.33. The summed E-state index contributed by atoms with van der Waals surface area (Å²) in [5.74, 6) is 0.104. The van der Waals surface area contributed by atoms with E-state index >= 15 is 0 Å². The molecule has 0 aromatic heterocycles.